The highest BCUT2D eigenvalue weighted by molar-refractivity contribution is 5.45. The second-order valence-electron chi connectivity index (χ2n) is 5.07. The average Bonchev–Trinajstić information content (AvgIpc) is 2.37. The summed E-state index contributed by atoms with van der Waals surface area (Å²) >= 11 is 0. The van der Waals surface area contributed by atoms with Crippen molar-refractivity contribution in [3.63, 3.8) is 0 Å². The second-order valence-corrected chi connectivity index (χ2v) is 5.07. The van der Waals surface area contributed by atoms with Gasteiger partial charge in [-0.2, -0.15) is 0 Å². The van der Waals surface area contributed by atoms with Crippen LogP contribution in [0, 0.1) is 30.9 Å². The molecule has 104 valence electrons. The van der Waals surface area contributed by atoms with E-state index in [4.69, 9.17) is 0 Å². The predicted molar refractivity (Wildman–Crippen MR) is 77.8 cm³/mol. The summed E-state index contributed by atoms with van der Waals surface area (Å²) in [5.41, 5.74) is 4.26. The summed E-state index contributed by atoms with van der Waals surface area (Å²) in [4.78, 5) is 10.4. The Morgan fingerprint density at radius 3 is 2.30 bits per heavy atom. The number of hydrogen-bond acceptors (Lipinski definition) is 3. The van der Waals surface area contributed by atoms with Gasteiger partial charge in [-0.05, 0) is 49.6 Å². The SMILES string of the molecule is Cc1ccc([C@H](O)c2ccc([N+](=O)[O-])c(C)c2)c(C)c1. The Morgan fingerprint density at radius 1 is 1.05 bits per heavy atom. The Hall–Kier alpha value is -2.20. The zero-order chi connectivity index (χ0) is 14.9. The van der Waals surface area contributed by atoms with Crippen LogP contribution in [-0.2, 0) is 0 Å². The lowest BCUT2D eigenvalue weighted by atomic mass is 9.95. The maximum atomic E-state index is 10.8. The molecule has 2 rings (SSSR count). The fourth-order valence-corrected chi connectivity index (χ4v) is 2.37. The molecule has 1 atom stereocenters. The minimum Gasteiger partial charge on any atom is -0.384 e. The summed E-state index contributed by atoms with van der Waals surface area (Å²) in [6.07, 6.45) is -0.768. The Balaban J connectivity index is 2.40. The van der Waals surface area contributed by atoms with Gasteiger partial charge >= 0.3 is 0 Å². The van der Waals surface area contributed by atoms with Gasteiger partial charge in [-0.3, -0.25) is 10.1 Å². The van der Waals surface area contributed by atoms with E-state index in [9.17, 15) is 15.2 Å². The number of rotatable bonds is 3. The van der Waals surface area contributed by atoms with Crippen molar-refractivity contribution >= 4 is 5.69 Å². The summed E-state index contributed by atoms with van der Waals surface area (Å²) < 4.78 is 0. The van der Waals surface area contributed by atoms with Crippen LogP contribution >= 0.6 is 0 Å². The van der Waals surface area contributed by atoms with E-state index in [0.717, 1.165) is 16.7 Å². The number of nitro groups is 1. The van der Waals surface area contributed by atoms with E-state index < -0.39 is 11.0 Å². The van der Waals surface area contributed by atoms with Crippen LogP contribution in [0.3, 0.4) is 0 Å². The van der Waals surface area contributed by atoms with Crippen LogP contribution in [-0.4, -0.2) is 10.0 Å². The van der Waals surface area contributed by atoms with Crippen molar-refractivity contribution in [3.05, 3.63) is 74.3 Å². The van der Waals surface area contributed by atoms with Crippen molar-refractivity contribution in [2.75, 3.05) is 0 Å². The van der Waals surface area contributed by atoms with Gasteiger partial charge in [-0.15, -0.1) is 0 Å². The number of aliphatic hydroxyl groups excluding tert-OH is 1. The van der Waals surface area contributed by atoms with Crippen LogP contribution in [0.2, 0.25) is 0 Å². The van der Waals surface area contributed by atoms with Crippen LogP contribution in [0.5, 0.6) is 0 Å². The summed E-state index contributed by atoms with van der Waals surface area (Å²) in [6.45, 7) is 5.62. The van der Waals surface area contributed by atoms with E-state index in [2.05, 4.69) is 0 Å². The molecule has 2 aromatic carbocycles. The molecule has 0 spiro atoms. The quantitative estimate of drug-likeness (QED) is 0.685. The number of aliphatic hydroxyl groups is 1. The molecule has 0 heterocycles. The zero-order valence-corrected chi connectivity index (χ0v) is 11.8. The third kappa shape index (κ3) is 2.70. The molecule has 20 heavy (non-hydrogen) atoms. The van der Waals surface area contributed by atoms with Gasteiger partial charge in [-0.25, -0.2) is 0 Å². The Bertz CT molecular complexity index is 665. The van der Waals surface area contributed by atoms with Crippen LogP contribution < -0.4 is 0 Å². The first-order valence-electron chi connectivity index (χ1n) is 6.40. The minimum atomic E-state index is -0.768. The van der Waals surface area contributed by atoms with E-state index in [-0.39, 0.29) is 5.69 Å². The molecule has 0 bridgehead atoms. The molecule has 4 heteroatoms. The van der Waals surface area contributed by atoms with E-state index >= 15 is 0 Å². The van der Waals surface area contributed by atoms with Crippen LogP contribution in [0.25, 0.3) is 0 Å². The van der Waals surface area contributed by atoms with Crippen molar-refractivity contribution in [1.29, 1.82) is 0 Å². The van der Waals surface area contributed by atoms with Gasteiger partial charge in [0.15, 0.2) is 0 Å². The molecular weight excluding hydrogens is 254 g/mol. The summed E-state index contributed by atoms with van der Waals surface area (Å²) in [5.74, 6) is 0. The number of hydrogen-bond donors (Lipinski definition) is 1. The lowest BCUT2D eigenvalue weighted by Crippen LogP contribution is -2.03. The maximum Gasteiger partial charge on any atom is 0.272 e. The van der Waals surface area contributed by atoms with Crippen LogP contribution in [0.15, 0.2) is 36.4 Å². The molecule has 0 amide bonds. The van der Waals surface area contributed by atoms with Gasteiger partial charge < -0.3 is 5.11 Å². The average molecular weight is 271 g/mol. The smallest absolute Gasteiger partial charge is 0.272 e. The number of nitro benzene ring substituents is 1. The molecule has 0 unspecified atom stereocenters. The first-order valence-corrected chi connectivity index (χ1v) is 6.40. The fourth-order valence-electron chi connectivity index (χ4n) is 2.37. The third-order valence-corrected chi connectivity index (χ3v) is 3.45. The zero-order valence-electron chi connectivity index (χ0n) is 11.8. The molecule has 0 saturated carbocycles. The number of benzene rings is 2. The van der Waals surface area contributed by atoms with Crippen molar-refractivity contribution in [3.8, 4) is 0 Å². The minimum absolute atomic E-state index is 0.0709. The van der Waals surface area contributed by atoms with Gasteiger partial charge in [0.1, 0.15) is 6.10 Å². The summed E-state index contributed by atoms with van der Waals surface area (Å²) in [6, 6.07) is 10.6. The largest absolute Gasteiger partial charge is 0.384 e. The molecule has 0 aliphatic carbocycles. The standard InChI is InChI=1S/C16H17NO3/c1-10-4-6-14(11(2)8-10)16(18)13-5-7-15(17(19)20)12(3)9-13/h4-9,16,18H,1-3H3/t16-/m1/s1. The normalized spacial score (nSPS) is 12.2. The van der Waals surface area contributed by atoms with Gasteiger partial charge in [0.25, 0.3) is 5.69 Å². The van der Waals surface area contributed by atoms with Gasteiger partial charge in [0.2, 0.25) is 0 Å². The lowest BCUT2D eigenvalue weighted by molar-refractivity contribution is -0.385. The molecule has 0 saturated heterocycles. The molecule has 4 nitrogen and oxygen atoms in total. The predicted octanol–water partition coefficient (Wildman–Crippen LogP) is 3.60. The van der Waals surface area contributed by atoms with Crippen molar-refractivity contribution < 1.29 is 10.0 Å². The first kappa shape index (κ1) is 14.2. The Labute approximate surface area is 117 Å². The number of nitrogens with zero attached hydrogens (tertiary/aromatic N) is 1. The number of aryl methyl sites for hydroxylation is 3. The molecule has 0 aliphatic heterocycles. The Kier molecular flexibility index (Phi) is 3.86. The Morgan fingerprint density at radius 2 is 1.75 bits per heavy atom. The van der Waals surface area contributed by atoms with Crippen molar-refractivity contribution in [2.24, 2.45) is 0 Å². The van der Waals surface area contributed by atoms with Crippen molar-refractivity contribution in [1.82, 2.24) is 0 Å². The topological polar surface area (TPSA) is 63.4 Å². The summed E-state index contributed by atoms with van der Waals surface area (Å²) in [7, 11) is 0. The molecule has 0 aromatic heterocycles. The monoisotopic (exact) mass is 271 g/mol. The van der Waals surface area contributed by atoms with Crippen LogP contribution in [0.1, 0.15) is 33.9 Å². The van der Waals surface area contributed by atoms with Gasteiger partial charge in [0, 0.05) is 11.6 Å². The van der Waals surface area contributed by atoms with Gasteiger partial charge in [-0.1, -0.05) is 23.8 Å². The highest BCUT2D eigenvalue weighted by atomic mass is 16.6. The fraction of sp³-hybridized carbons (Fsp3) is 0.250. The van der Waals surface area contributed by atoms with E-state index in [1.807, 2.05) is 32.0 Å². The van der Waals surface area contributed by atoms with E-state index in [1.165, 1.54) is 6.07 Å². The molecule has 0 fully saturated rings. The van der Waals surface area contributed by atoms with Crippen molar-refractivity contribution in [2.45, 2.75) is 26.9 Å². The maximum absolute atomic E-state index is 10.8. The molecule has 1 N–H and O–H groups in total. The van der Waals surface area contributed by atoms with E-state index in [0.29, 0.717) is 11.1 Å². The lowest BCUT2D eigenvalue weighted by Gasteiger charge is -2.15. The highest BCUT2D eigenvalue weighted by Crippen LogP contribution is 2.28. The molecule has 0 radical (unpaired) electrons. The molecule has 0 aliphatic rings. The molecule has 2 aromatic rings. The highest BCUT2D eigenvalue weighted by Gasteiger charge is 2.17. The van der Waals surface area contributed by atoms with Crippen LogP contribution in [0.4, 0.5) is 5.69 Å². The summed E-state index contributed by atoms with van der Waals surface area (Å²) in [5, 5.41) is 21.3. The second kappa shape index (κ2) is 5.43. The first-order chi connectivity index (χ1) is 9.40. The van der Waals surface area contributed by atoms with Gasteiger partial charge in [0.05, 0.1) is 4.92 Å². The molecular formula is C16H17NO3. The third-order valence-electron chi connectivity index (χ3n) is 3.45. The van der Waals surface area contributed by atoms with E-state index in [1.54, 1.807) is 19.1 Å².